The minimum absolute atomic E-state index is 0.0293. The molecule has 0 saturated heterocycles. The molecule has 2 N–H and O–H groups in total. The Morgan fingerprint density at radius 1 is 0.909 bits per heavy atom. The van der Waals surface area contributed by atoms with Crippen LogP contribution < -0.4 is 10.0 Å². The van der Waals surface area contributed by atoms with Crippen LogP contribution in [0.5, 0.6) is 0 Å². The number of esters is 1. The van der Waals surface area contributed by atoms with E-state index in [1.54, 1.807) is 12.1 Å². The van der Waals surface area contributed by atoms with E-state index in [1.807, 2.05) is 50.2 Å². The largest absolute Gasteiger partial charge is 0.469 e. The maximum absolute atomic E-state index is 12.8. The average Bonchev–Trinajstić information content (AvgIpc) is 2.82. The fraction of sp³-hybridized carbons (Fsp3) is 0.200. The third kappa shape index (κ3) is 5.98. The fourth-order valence-corrected chi connectivity index (χ4v) is 4.40. The monoisotopic (exact) mass is 466 g/mol. The van der Waals surface area contributed by atoms with Crippen LogP contribution in [0.1, 0.15) is 39.5 Å². The van der Waals surface area contributed by atoms with Crippen molar-refractivity contribution in [3.8, 4) is 0 Å². The van der Waals surface area contributed by atoms with Gasteiger partial charge in [0.1, 0.15) is 0 Å². The molecule has 3 rings (SSSR count). The standard InChI is InChI=1S/C25H26N2O5S/c1-17-8-7-11-22(18(17)2)27-33(30,31)21-14-12-20(13-15-21)25(29)26-23(16-24(28)32-3)19-9-5-4-6-10-19/h4-15,23,27H,16H2,1-3H3,(H,26,29). The molecule has 8 heteroatoms. The molecule has 7 nitrogen and oxygen atoms in total. The van der Waals surface area contributed by atoms with E-state index in [0.29, 0.717) is 5.69 Å². The molecule has 0 aliphatic rings. The van der Waals surface area contributed by atoms with Crippen molar-refractivity contribution in [2.24, 2.45) is 0 Å². The molecule has 0 aliphatic heterocycles. The smallest absolute Gasteiger partial charge is 0.307 e. The highest BCUT2D eigenvalue weighted by atomic mass is 32.2. The summed E-state index contributed by atoms with van der Waals surface area (Å²) >= 11 is 0. The summed E-state index contributed by atoms with van der Waals surface area (Å²) in [6.07, 6.45) is -0.0293. The normalized spacial score (nSPS) is 12.0. The van der Waals surface area contributed by atoms with Crippen molar-refractivity contribution in [3.63, 3.8) is 0 Å². The number of sulfonamides is 1. The van der Waals surface area contributed by atoms with Gasteiger partial charge in [-0.15, -0.1) is 0 Å². The summed E-state index contributed by atoms with van der Waals surface area (Å²) in [7, 11) is -2.53. The second-order valence-corrected chi connectivity index (χ2v) is 9.28. The van der Waals surface area contributed by atoms with Crippen LogP contribution in [0, 0.1) is 13.8 Å². The lowest BCUT2D eigenvalue weighted by Gasteiger charge is -2.18. The molecule has 0 aliphatic carbocycles. The number of benzene rings is 3. The second kappa shape index (κ2) is 10.3. The van der Waals surface area contributed by atoms with Gasteiger partial charge in [0.2, 0.25) is 0 Å². The van der Waals surface area contributed by atoms with Crippen LogP contribution in [0.25, 0.3) is 0 Å². The highest BCUT2D eigenvalue weighted by molar-refractivity contribution is 7.92. The number of anilines is 1. The molecule has 0 spiro atoms. The summed E-state index contributed by atoms with van der Waals surface area (Å²) in [5.41, 5.74) is 3.35. The van der Waals surface area contributed by atoms with Gasteiger partial charge in [0.15, 0.2) is 0 Å². The minimum Gasteiger partial charge on any atom is -0.469 e. The molecule has 1 amide bonds. The first-order chi connectivity index (χ1) is 15.7. The van der Waals surface area contributed by atoms with Gasteiger partial charge >= 0.3 is 5.97 Å². The van der Waals surface area contributed by atoms with Gasteiger partial charge in [0.25, 0.3) is 15.9 Å². The molecule has 0 saturated carbocycles. The summed E-state index contributed by atoms with van der Waals surface area (Å²) < 4.78 is 32.9. The third-order valence-electron chi connectivity index (χ3n) is 5.38. The molecule has 0 radical (unpaired) electrons. The summed E-state index contributed by atoms with van der Waals surface area (Å²) in [6.45, 7) is 3.75. The molecule has 33 heavy (non-hydrogen) atoms. The van der Waals surface area contributed by atoms with E-state index in [0.717, 1.165) is 16.7 Å². The molecule has 172 valence electrons. The van der Waals surface area contributed by atoms with Gasteiger partial charge in [-0.1, -0.05) is 42.5 Å². The van der Waals surface area contributed by atoms with E-state index in [4.69, 9.17) is 4.74 Å². The number of ether oxygens (including phenoxy) is 1. The highest BCUT2D eigenvalue weighted by Gasteiger charge is 2.21. The molecule has 1 unspecified atom stereocenters. The maximum Gasteiger partial charge on any atom is 0.307 e. The van der Waals surface area contributed by atoms with Gasteiger partial charge in [-0.25, -0.2) is 8.42 Å². The quantitative estimate of drug-likeness (QED) is 0.486. The molecule has 0 bridgehead atoms. The number of carbonyl (C=O) groups excluding carboxylic acids is 2. The van der Waals surface area contributed by atoms with Gasteiger partial charge in [-0.3, -0.25) is 14.3 Å². The van der Waals surface area contributed by atoms with Crippen LogP contribution in [0.15, 0.2) is 77.7 Å². The lowest BCUT2D eigenvalue weighted by atomic mass is 10.0. The molecule has 0 aromatic heterocycles. The number of hydrogen-bond donors (Lipinski definition) is 2. The van der Waals surface area contributed by atoms with E-state index < -0.39 is 27.9 Å². The Balaban J connectivity index is 1.77. The Morgan fingerprint density at radius 3 is 2.21 bits per heavy atom. The molecule has 0 heterocycles. The van der Waals surface area contributed by atoms with Crippen molar-refractivity contribution in [2.45, 2.75) is 31.2 Å². The maximum atomic E-state index is 12.8. The predicted octanol–water partition coefficient (Wildman–Crippen LogP) is 4.14. The lowest BCUT2D eigenvalue weighted by molar-refractivity contribution is -0.141. The minimum atomic E-state index is -3.82. The van der Waals surface area contributed by atoms with Crippen LogP contribution >= 0.6 is 0 Å². The van der Waals surface area contributed by atoms with Crippen molar-refractivity contribution in [2.75, 3.05) is 11.8 Å². The van der Waals surface area contributed by atoms with Crippen LogP contribution in [-0.4, -0.2) is 27.4 Å². The number of aryl methyl sites for hydroxylation is 1. The number of methoxy groups -OCH3 is 1. The Hall–Kier alpha value is -3.65. The number of hydrogen-bond acceptors (Lipinski definition) is 5. The van der Waals surface area contributed by atoms with Gasteiger partial charge in [-0.2, -0.15) is 0 Å². The van der Waals surface area contributed by atoms with Gasteiger partial charge in [0, 0.05) is 5.56 Å². The summed E-state index contributed by atoms with van der Waals surface area (Å²) in [5.74, 6) is -0.887. The molecule has 1 atom stereocenters. The first-order valence-corrected chi connectivity index (χ1v) is 11.8. The Bertz CT molecular complexity index is 1240. The van der Waals surface area contributed by atoms with Crippen LogP contribution in [0.2, 0.25) is 0 Å². The van der Waals surface area contributed by atoms with E-state index in [9.17, 15) is 18.0 Å². The molecule has 3 aromatic carbocycles. The van der Waals surface area contributed by atoms with Crippen molar-refractivity contribution >= 4 is 27.6 Å². The van der Waals surface area contributed by atoms with Gasteiger partial charge in [0.05, 0.1) is 30.2 Å². The molecule has 0 fully saturated rings. The topological polar surface area (TPSA) is 102 Å². The molecular formula is C25H26N2O5S. The first-order valence-electron chi connectivity index (χ1n) is 10.3. The molecular weight excluding hydrogens is 440 g/mol. The zero-order valence-electron chi connectivity index (χ0n) is 18.7. The van der Waals surface area contributed by atoms with Crippen LogP contribution in [-0.2, 0) is 19.6 Å². The zero-order chi connectivity index (χ0) is 24.0. The fourth-order valence-electron chi connectivity index (χ4n) is 3.28. The van der Waals surface area contributed by atoms with Crippen molar-refractivity contribution in [1.82, 2.24) is 5.32 Å². The summed E-state index contributed by atoms with van der Waals surface area (Å²) in [5, 5.41) is 2.82. The van der Waals surface area contributed by atoms with Gasteiger partial charge in [-0.05, 0) is 60.9 Å². The average molecular weight is 467 g/mol. The van der Waals surface area contributed by atoms with E-state index in [2.05, 4.69) is 10.0 Å². The third-order valence-corrected chi connectivity index (χ3v) is 6.76. The number of amides is 1. The Morgan fingerprint density at radius 2 is 1.58 bits per heavy atom. The number of nitrogens with one attached hydrogen (secondary N) is 2. The first kappa shape index (κ1) is 24.0. The van der Waals surface area contributed by atoms with Crippen molar-refractivity contribution < 1.29 is 22.7 Å². The van der Waals surface area contributed by atoms with Gasteiger partial charge < -0.3 is 10.1 Å². The zero-order valence-corrected chi connectivity index (χ0v) is 19.5. The number of rotatable bonds is 8. The molecule has 3 aromatic rings. The van der Waals surface area contributed by atoms with Crippen molar-refractivity contribution in [3.05, 3.63) is 95.1 Å². The van der Waals surface area contributed by atoms with E-state index >= 15 is 0 Å². The van der Waals surface area contributed by atoms with Crippen LogP contribution in [0.3, 0.4) is 0 Å². The lowest BCUT2D eigenvalue weighted by Crippen LogP contribution is -2.30. The SMILES string of the molecule is COC(=O)CC(NC(=O)c1ccc(S(=O)(=O)Nc2cccc(C)c2C)cc1)c1ccccc1. The number of carbonyl (C=O) groups is 2. The van der Waals surface area contributed by atoms with E-state index in [-0.39, 0.29) is 16.9 Å². The second-order valence-electron chi connectivity index (χ2n) is 7.59. The summed E-state index contributed by atoms with van der Waals surface area (Å²) in [6, 6.07) is 19.5. The Labute approximate surface area is 193 Å². The van der Waals surface area contributed by atoms with Crippen molar-refractivity contribution in [1.29, 1.82) is 0 Å². The highest BCUT2D eigenvalue weighted by Crippen LogP contribution is 2.23. The van der Waals surface area contributed by atoms with Crippen LogP contribution in [0.4, 0.5) is 5.69 Å². The summed E-state index contributed by atoms with van der Waals surface area (Å²) in [4.78, 5) is 24.7. The predicted molar refractivity (Wildman–Crippen MR) is 126 cm³/mol. The van der Waals surface area contributed by atoms with E-state index in [1.165, 1.54) is 31.4 Å². The Kier molecular flexibility index (Phi) is 7.50.